The summed E-state index contributed by atoms with van der Waals surface area (Å²) < 4.78 is 5.44. The van der Waals surface area contributed by atoms with E-state index in [0.29, 0.717) is 23.3 Å². The number of ketones is 1. The number of ether oxygens (including phenoxy) is 1. The Morgan fingerprint density at radius 2 is 2.22 bits per heavy atom. The molecule has 0 fully saturated rings. The van der Waals surface area contributed by atoms with Crippen LogP contribution in [0.5, 0.6) is 5.75 Å². The Kier molecular flexibility index (Phi) is 3.14. The second-order valence-corrected chi connectivity index (χ2v) is 4.13. The average Bonchev–Trinajstić information content (AvgIpc) is 2.36. The normalized spacial score (nSPS) is 18.0. The highest BCUT2D eigenvalue weighted by Crippen LogP contribution is 2.34. The molecule has 0 bridgehead atoms. The maximum Gasteiger partial charge on any atom is 0.267 e. The number of benzene rings is 1. The predicted molar refractivity (Wildman–Crippen MR) is 65.0 cm³/mol. The Labute approximate surface area is 104 Å². The molecule has 1 unspecified atom stereocenters. The molecule has 1 atom stereocenters. The van der Waals surface area contributed by atoms with Gasteiger partial charge in [-0.15, -0.1) is 0 Å². The molecule has 1 aliphatic heterocycles. The summed E-state index contributed by atoms with van der Waals surface area (Å²) in [6.45, 7) is 1.67. The van der Waals surface area contributed by atoms with E-state index in [1.54, 1.807) is 32.2 Å². The third-order valence-corrected chi connectivity index (χ3v) is 2.89. The number of carbonyl (C=O) groups excluding carboxylic acids is 3. The van der Waals surface area contributed by atoms with E-state index in [1.807, 2.05) is 0 Å². The number of fused-ring (bicyclic) bond motifs is 1. The SMILES string of the molecule is CC1Oc2ccc(C(=O)CC=O)cc2N(C)C1=O. The Morgan fingerprint density at radius 3 is 2.89 bits per heavy atom. The zero-order valence-electron chi connectivity index (χ0n) is 10.2. The van der Waals surface area contributed by atoms with Crippen LogP contribution in [0.4, 0.5) is 5.69 Å². The second-order valence-electron chi connectivity index (χ2n) is 4.13. The van der Waals surface area contributed by atoms with Gasteiger partial charge in [0.2, 0.25) is 0 Å². The van der Waals surface area contributed by atoms with Gasteiger partial charge in [-0.1, -0.05) is 0 Å². The topological polar surface area (TPSA) is 63.7 Å². The zero-order valence-corrected chi connectivity index (χ0v) is 10.2. The number of likely N-dealkylation sites (N-methyl/N-ethyl adjacent to an activating group) is 1. The van der Waals surface area contributed by atoms with Gasteiger partial charge in [0.15, 0.2) is 11.9 Å². The van der Waals surface area contributed by atoms with Crippen molar-refractivity contribution in [3.63, 3.8) is 0 Å². The molecular weight excluding hydrogens is 234 g/mol. The van der Waals surface area contributed by atoms with Crippen molar-refractivity contribution in [3.8, 4) is 5.75 Å². The minimum atomic E-state index is -0.529. The maximum absolute atomic E-state index is 11.8. The summed E-state index contributed by atoms with van der Waals surface area (Å²) in [5, 5.41) is 0. The number of hydrogen-bond donors (Lipinski definition) is 0. The predicted octanol–water partition coefficient (Wildman–Crippen LogP) is 1.20. The molecule has 0 saturated heterocycles. The average molecular weight is 247 g/mol. The van der Waals surface area contributed by atoms with Crippen LogP contribution in [0.2, 0.25) is 0 Å². The van der Waals surface area contributed by atoms with Crippen molar-refractivity contribution in [2.24, 2.45) is 0 Å². The molecule has 0 radical (unpaired) electrons. The molecule has 0 saturated carbocycles. The zero-order chi connectivity index (χ0) is 13.3. The van der Waals surface area contributed by atoms with E-state index >= 15 is 0 Å². The van der Waals surface area contributed by atoms with E-state index in [1.165, 1.54) is 4.90 Å². The van der Waals surface area contributed by atoms with Gasteiger partial charge in [-0.2, -0.15) is 0 Å². The molecule has 1 aliphatic rings. The van der Waals surface area contributed by atoms with Crippen molar-refractivity contribution in [1.29, 1.82) is 0 Å². The van der Waals surface area contributed by atoms with Crippen LogP contribution in [0.15, 0.2) is 18.2 Å². The molecule has 1 amide bonds. The first-order valence-electron chi connectivity index (χ1n) is 5.59. The molecule has 0 aromatic heterocycles. The van der Waals surface area contributed by atoms with Gasteiger partial charge in [0.25, 0.3) is 5.91 Å². The number of rotatable bonds is 3. The van der Waals surface area contributed by atoms with Crippen LogP contribution in [-0.2, 0) is 9.59 Å². The van der Waals surface area contributed by atoms with Crippen molar-refractivity contribution in [2.75, 3.05) is 11.9 Å². The third-order valence-electron chi connectivity index (χ3n) is 2.89. The van der Waals surface area contributed by atoms with Crippen LogP contribution in [0, 0.1) is 0 Å². The van der Waals surface area contributed by atoms with Gasteiger partial charge in [0.1, 0.15) is 12.0 Å². The molecule has 5 nitrogen and oxygen atoms in total. The summed E-state index contributed by atoms with van der Waals surface area (Å²) in [4.78, 5) is 35.1. The third kappa shape index (κ3) is 1.99. The van der Waals surface area contributed by atoms with Gasteiger partial charge in [-0.3, -0.25) is 9.59 Å². The minimum absolute atomic E-state index is 0.159. The first-order chi connectivity index (χ1) is 8.54. The first kappa shape index (κ1) is 12.3. The first-order valence-corrected chi connectivity index (χ1v) is 5.59. The van der Waals surface area contributed by atoms with Crippen molar-refractivity contribution < 1.29 is 19.1 Å². The van der Waals surface area contributed by atoms with Gasteiger partial charge in [0, 0.05) is 12.6 Å². The number of nitrogens with zero attached hydrogens (tertiary/aromatic N) is 1. The molecule has 18 heavy (non-hydrogen) atoms. The van der Waals surface area contributed by atoms with Gasteiger partial charge < -0.3 is 14.4 Å². The monoisotopic (exact) mass is 247 g/mol. The molecule has 0 spiro atoms. The number of anilines is 1. The lowest BCUT2D eigenvalue weighted by Crippen LogP contribution is -2.42. The van der Waals surface area contributed by atoms with E-state index in [4.69, 9.17) is 4.74 Å². The van der Waals surface area contributed by atoms with Crippen molar-refractivity contribution in [3.05, 3.63) is 23.8 Å². The van der Waals surface area contributed by atoms with Crippen LogP contribution in [0.3, 0.4) is 0 Å². The minimum Gasteiger partial charge on any atom is -0.479 e. The van der Waals surface area contributed by atoms with Crippen LogP contribution in [-0.4, -0.2) is 31.1 Å². The standard InChI is InChI=1S/C13H13NO4/c1-8-13(17)14(2)10-7-9(11(16)5-6-15)3-4-12(10)18-8/h3-4,6-8H,5H2,1-2H3. The molecule has 1 heterocycles. The smallest absolute Gasteiger partial charge is 0.267 e. The number of hydrogen-bond acceptors (Lipinski definition) is 4. The van der Waals surface area contributed by atoms with Gasteiger partial charge in [-0.05, 0) is 25.1 Å². The summed E-state index contributed by atoms with van der Waals surface area (Å²) in [7, 11) is 1.63. The molecule has 1 aromatic rings. The Hall–Kier alpha value is -2.17. The van der Waals surface area contributed by atoms with Gasteiger partial charge >= 0.3 is 0 Å². The highest BCUT2D eigenvalue weighted by Gasteiger charge is 2.29. The lowest BCUT2D eigenvalue weighted by atomic mass is 10.1. The van der Waals surface area contributed by atoms with Gasteiger partial charge in [0.05, 0.1) is 12.1 Å². The van der Waals surface area contributed by atoms with Crippen LogP contribution in [0.25, 0.3) is 0 Å². The Balaban J connectivity index is 2.40. The second kappa shape index (κ2) is 4.60. The number of amides is 1. The molecule has 94 valence electrons. The molecule has 0 aliphatic carbocycles. The van der Waals surface area contributed by atoms with Crippen LogP contribution >= 0.6 is 0 Å². The highest BCUT2D eigenvalue weighted by atomic mass is 16.5. The van der Waals surface area contributed by atoms with E-state index < -0.39 is 6.10 Å². The van der Waals surface area contributed by atoms with Crippen LogP contribution < -0.4 is 9.64 Å². The molecule has 1 aromatic carbocycles. The number of aldehydes is 1. The van der Waals surface area contributed by atoms with Crippen molar-refractivity contribution in [1.82, 2.24) is 0 Å². The quantitative estimate of drug-likeness (QED) is 0.457. The lowest BCUT2D eigenvalue weighted by Gasteiger charge is -2.30. The van der Waals surface area contributed by atoms with Gasteiger partial charge in [-0.25, -0.2) is 0 Å². The Bertz CT molecular complexity index is 524. The largest absolute Gasteiger partial charge is 0.479 e. The fraction of sp³-hybridized carbons (Fsp3) is 0.308. The van der Waals surface area contributed by atoms with E-state index in [0.717, 1.165) is 0 Å². The van der Waals surface area contributed by atoms with Crippen molar-refractivity contribution in [2.45, 2.75) is 19.4 Å². The van der Waals surface area contributed by atoms with Crippen molar-refractivity contribution >= 4 is 23.7 Å². The van der Waals surface area contributed by atoms with E-state index in [9.17, 15) is 14.4 Å². The number of carbonyl (C=O) groups is 3. The maximum atomic E-state index is 11.8. The summed E-state index contributed by atoms with van der Waals surface area (Å²) in [5.41, 5.74) is 0.952. The molecule has 0 N–H and O–H groups in total. The molecule has 5 heteroatoms. The van der Waals surface area contributed by atoms with E-state index in [-0.39, 0.29) is 18.1 Å². The van der Waals surface area contributed by atoms with Crippen LogP contribution in [0.1, 0.15) is 23.7 Å². The van der Waals surface area contributed by atoms with E-state index in [2.05, 4.69) is 0 Å². The summed E-state index contributed by atoms with van der Waals surface area (Å²) in [6.07, 6.45) is -0.123. The summed E-state index contributed by atoms with van der Waals surface area (Å²) >= 11 is 0. The fourth-order valence-electron chi connectivity index (χ4n) is 1.88. The number of Topliss-reactive ketones (excluding diaryl/α,β-unsaturated/α-hetero) is 1. The highest BCUT2D eigenvalue weighted by molar-refractivity contribution is 6.05. The summed E-state index contributed by atoms with van der Waals surface area (Å²) in [6, 6.07) is 4.82. The lowest BCUT2D eigenvalue weighted by molar-refractivity contribution is -0.125. The summed E-state index contributed by atoms with van der Waals surface area (Å²) in [5.74, 6) is 0.127. The molecular formula is C13H13NO4. The molecule has 2 rings (SSSR count). The Morgan fingerprint density at radius 1 is 1.50 bits per heavy atom. The fourth-order valence-corrected chi connectivity index (χ4v) is 1.88.